The van der Waals surface area contributed by atoms with E-state index in [9.17, 15) is 9.90 Å². The molecule has 5 aromatic rings. The van der Waals surface area contributed by atoms with Crippen LogP contribution in [-0.4, -0.2) is 36.3 Å². The molecule has 0 saturated carbocycles. The summed E-state index contributed by atoms with van der Waals surface area (Å²) in [6.07, 6.45) is 7.59. The summed E-state index contributed by atoms with van der Waals surface area (Å²) in [5.74, 6) is -0.248. The molecule has 0 radical (unpaired) electrons. The second-order valence-corrected chi connectivity index (χ2v) is 9.44. The molecule has 2 aromatic heterocycles. The van der Waals surface area contributed by atoms with Crippen LogP contribution in [0.3, 0.4) is 0 Å². The first kappa shape index (κ1) is 24.4. The minimum atomic E-state index is -0.786. The number of hydrogen-bond acceptors (Lipinski definition) is 4. The van der Waals surface area contributed by atoms with Gasteiger partial charge >= 0.3 is 5.97 Å². The molecule has 37 heavy (non-hydrogen) atoms. The van der Waals surface area contributed by atoms with Crippen molar-refractivity contribution in [3.8, 4) is 22.5 Å². The number of rotatable bonds is 11. The van der Waals surface area contributed by atoms with Crippen molar-refractivity contribution in [2.45, 2.75) is 51.5 Å². The van der Waals surface area contributed by atoms with Crippen LogP contribution in [0.15, 0.2) is 79.0 Å². The summed E-state index contributed by atoms with van der Waals surface area (Å²) in [6.45, 7) is 2.17. The molecule has 0 aliphatic carbocycles. The number of H-pyrrole nitrogens is 1. The molecule has 2 heterocycles. The van der Waals surface area contributed by atoms with E-state index in [4.69, 9.17) is 0 Å². The van der Waals surface area contributed by atoms with E-state index < -0.39 is 12.0 Å². The van der Waals surface area contributed by atoms with E-state index in [2.05, 4.69) is 57.9 Å². The quantitative estimate of drug-likeness (QED) is 0.200. The van der Waals surface area contributed by atoms with E-state index in [0.717, 1.165) is 65.3 Å². The third-order valence-corrected chi connectivity index (χ3v) is 6.93. The number of tetrazole rings is 1. The molecule has 1 unspecified atom stereocenters. The number of aromatic amines is 1. The van der Waals surface area contributed by atoms with Gasteiger partial charge in [-0.05, 0) is 52.4 Å². The lowest BCUT2D eigenvalue weighted by Crippen LogP contribution is -2.18. The average Bonchev–Trinajstić information content (AvgIpc) is 3.58. The number of aliphatic carboxylic acids is 1. The zero-order chi connectivity index (χ0) is 25.6. The number of carboxylic acid groups (broad SMARTS) is 1. The van der Waals surface area contributed by atoms with Crippen molar-refractivity contribution in [2.24, 2.45) is 0 Å². The Bertz CT molecular complexity index is 1470. The predicted octanol–water partition coefficient (Wildman–Crippen LogP) is 6.68. The first-order valence-electron chi connectivity index (χ1n) is 12.9. The van der Waals surface area contributed by atoms with Crippen LogP contribution in [0.2, 0.25) is 0 Å². The number of unbranched alkanes of at least 4 members (excludes halogenated alkanes) is 3. The van der Waals surface area contributed by atoms with E-state index >= 15 is 0 Å². The Kier molecular flexibility index (Phi) is 7.40. The molecule has 3 aromatic carbocycles. The molecule has 0 saturated heterocycles. The molecule has 0 aliphatic heterocycles. The molecule has 5 rings (SSSR count). The summed E-state index contributed by atoms with van der Waals surface area (Å²) in [6, 6.07) is 24.0. The van der Waals surface area contributed by atoms with Gasteiger partial charge in [-0.25, -0.2) is 4.79 Å². The maximum absolute atomic E-state index is 12.4. The lowest BCUT2D eigenvalue weighted by Gasteiger charge is -2.16. The van der Waals surface area contributed by atoms with Crippen molar-refractivity contribution in [3.05, 3.63) is 90.1 Å². The summed E-state index contributed by atoms with van der Waals surface area (Å²) >= 11 is 0. The number of fused-ring (bicyclic) bond motifs is 1. The van der Waals surface area contributed by atoms with E-state index in [1.165, 1.54) is 5.56 Å². The fourth-order valence-electron chi connectivity index (χ4n) is 5.06. The Balaban J connectivity index is 1.61. The number of nitrogens with zero attached hydrogens (tertiary/aromatic N) is 4. The number of nitrogens with one attached hydrogen (secondary N) is 1. The van der Waals surface area contributed by atoms with Crippen molar-refractivity contribution >= 4 is 16.9 Å². The topological polar surface area (TPSA) is 96.7 Å². The molecular formula is C30H31N5O2. The highest BCUT2D eigenvalue weighted by molar-refractivity contribution is 5.92. The van der Waals surface area contributed by atoms with E-state index in [-0.39, 0.29) is 0 Å². The van der Waals surface area contributed by atoms with Gasteiger partial charge in [-0.15, -0.1) is 10.2 Å². The fraction of sp³-hybridized carbons (Fsp3) is 0.267. The van der Waals surface area contributed by atoms with Gasteiger partial charge in [-0.2, -0.15) is 5.21 Å². The number of benzene rings is 3. The van der Waals surface area contributed by atoms with Crippen LogP contribution in [0.4, 0.5) is 0 Å². The third-order valence-electron chi connectivity index (χ3n) is 6.93. The minimum Gasteiger partial charge on any atom is -0.480 e. The molecule has 0 spiro atoms. The molecule has 0 aliphatic rings. The monoisotopic (exact) mass is 493 g/mol. The van der Waals surface area contributed by atoms with Gasteiger partial charge in [0.1, 0.15) is 6.04 Å². The highest BCUT2D eigenvalue weighted by Crippen LogP contribution is 2.35. The Morgan fingerprint density at radius 2 is 1.76 bits per heavy atom. The molecule has 1 atom stereocenters. The summed E-state index contributed by atoms with van der Waals surface area (Å²) < 4.78 is 1.97. The Hall–Kier alpha value is -4.26. The van der Waals surface area contributed by atoms with E-state index in [1.807, 2.05) is 53.2 Å². The summed E-state index contributed by atoms with van der Waals surface area (Å²) in [4.78, 5) is 12.4. The highest BCUT2D eigenvalue weighted by Gasteiger charge is 2.23. The summed E-state index contributed by atoms with van der Waals surface area (Å²) in [5, 5.41) is 25.9. The Morgan fingerprint density at radius 1 is 0.973 bits per heavy atom. The maximum atomic E-state index is 12.4. The molecule has 188 valence electrons. The van der Waals surface area contributed by atoms with Crippen LogP contribution in [0.5, 0.6) is 0 Å². The zero-order valence-corrected chi connectivity index (χ0v) is 21.0. The molecule has 7 heteroatoms. The lowest BCUT2D eigenvalue weighted by atomic mass is 9.96. The van der Waals surface area contributed by atoms with E-state index in [0.29, 0.717) is 12.2 Å². The largest absolute Gasteiger partial charge is 0.480 e. The molecule has 0 fully saturated rings. The minimum absolute atomic E-state index is 0.538. The van der Waals surface area contributed by atoms with Gasteiger partial charge in [-0.3, -0.25) is 0 Å². The highest BCUT2D eigenvalue weighted by atomic mass is 16.4. The lowest BCUT2D eigenvalue weighted by molar-refractivity contribution is -0.141. The number of aromatic nitrogens is 5. The SMILES string of the molecule is CCCCCCC(C(=O)O)n1cc(Cc2ccccc2)c2cc(-c3ccccc3-c3nn[nH]n3)ccc21. The molecule has 0 bridgehead atoms. The number of carboxylic acids is 1. The first-order valence-corrected chi connectivity index (χ1v) is 12.9. The van der Waals surface area contributed by atoms with Gasteiger partial charge in [0.2, 0.25) is 5.82 Å². The van der Waals surface area contributed by atoms with Gasteiger partial charge in [-0.1, -0.05) is 93.3 Å². The van der Waals surface area contributed by atoms with Crippen LogP contribution < -0.4 is 0 Å². The second kappa shape index (κ2) is 11.2. The van der Waals surface area contributed by atoms with E-state index in [1.54, 1.807) is 0 Å². The molecule has 0 amide bonds. The van der Waals surface area contributed by atoms with Gasteiger partial charge in [0, 0.05) is 22.7 Å². The van der Waals surface area contributed by atoms with Gasteiger partial charge in [0.25, 0.3) is 0 Å². The van der Waals surface area contributed by atoms with Crippen molar-refractivity contribution in [1.82, 2.24) is 25.2 Å². The third kappa shape index (κ3) is 5.31. The fourth-order valence-corrected chi connectivity index (χ4v) is 5.06. The van der Waals surface area contributed by atoms with Gasteiger partial charge in [0.05, 0.1) is 0 Å². The first-order chi connectivity index (χ1) is 18.2. The van der Waals surface area contributed by atoms with Gasteiger partial charge < -0.3 is 9.67 Å². The van der Waals surface area contributed by atoms with Crippen molar-refractivity contribution in [3.63, 3.8) is 0 Å². The maximum Gasteiger partial charge on any atom is 0.326 e. The van der Waals surface area contributed by atoms with Crippen molar-refractivity contribution < 1.29 is 9.90 Å². The Morgan fingerprint density at radius 3 is 2.49 bits per heavy atom. The standard InChI is InChI=1S/C30H31N5O2/c1-2-3-4-8-15-28(30(36)37)35-20-23(18-21-11-6-5-7-12-21)26-19-22(16-17-27(26)35)24-13-9-10-14-25(24)29-31-33-34-32-29/h5-7,9-14,16-17,19-20,28H,2-4,8,15,18H2,1H3,(H,36,37)(H,31,32,33,34). The average molecular weight is 494 g/mol. The number of hydrogen-bond donors (Lipinski definition) is 2. The van der Waals surface area contributed by atoms with Crippen molar-refractivity contribution in [1.29, 1.82) is 0 Å². The van der Waals surface area contributed by atoms with Crippen LogP contribution in [-0.2, 0) is 11.2 Å². The number of carbonyl (C=O) groups is 1. The van der Waals surface area contributed by atoms with Crippen LogP contribution in [0.1, 0.15) is 56.2 Å². The summed E-state index contributed by atoms with van der Waals surface area (Å²) in [7, 11) is 0. The van der Waals surface area contributed by atoms with Crippen LogP contribution >= 0.6 is 0 Å². The molecule has 7 nitrogen and oxygen atoms in total. The second-order valence-electron chi connectivity index (χ2n) is 9.44. The van der Waals surface area contributed by atoms with Crippen molar-refractivity contribution in [2.75, 3.05) is 0 Å². The zero-order valence-electron chi connectivity index (χ0n) is 21.0. The van der Waals surface area contributed by atoms with Crippen LogP contribution in [0.25, 0.3) is 33.4 Å². The Labute approximate surface area is 216 Å². The van der Waals surface area contributed by atoms with Gasteiger partial charge in [0.15, 0.2) is 0 Å². The summed E-state index contributed by atoms with van der Waals surface area (Å²) in [5.41, 5.74) is 6.15. The smallest absolute Gasteiger partial charge is 0.326 e. The molecular weight excluding hydrogens is 462 g/mol. The van der Waals surface area contributed by atoms with Crippen LogP contribution in [0, 0.1) is 0 Å². The molecule has 2 N–H and O–H groups in total. The normalized spacial score (nSPS) is 12.1. The predicted molar refractivity (Wildman–Crippen MR) is 145 cm³/mol.